The first-order chi connectivity index (χ1) is 12.2. The second-order valence-corrected chi connectivity index (χ2v) is 6.20. The van der Waals surface area contributed by atoms with E-state index in [2.05, 4.69) is 23.2 Å². The number of halogens is 1. The van der Waals surface area contributed by atoms with Crippen molar-refractivity contribution >= 4 is 34.3 Å². The Morgan fingerprint density at radius 1 is 1.00 bits per heavy atom. The minimum Gasteiger partial charge on any atom is -0.494 e. The molecule has 0 atom stereocenters. The molecule has 0 bridgehead atoms. The van der Waals surface area contributed by atoms with Crippen LogP contribution in [0.3, 0.4) is 0 Å². The average molecular weight is 369 g/mol. The van der Waals surface area contributed by atoms with E-state index >= 15 is 0 Å². The molecule has 0 radical (unpaired) electrons. The number of nitrogens with zero attached hydrogens (tertiary/aromatic N) is 1. The van der Waals surface area contributed by atoms with Crippen molar-refractivity contribution in [3.05, 3.63) is 60.2 Å². The Hall–Kier alpha value is -2.56. The lowest BCUT2D eigenvalue weighted by atomic mass is 10.1. The monoisotopic (exact) mass is 368 g/mol. The van der Waals surface area contributed by atoms with Gasteiger partial charge in [-0.15, -0.1) is 12.4 Å². The van der Waals surface area contributed by atoms with Crippen LogP contribution in [0.25, 0.3) is 33.3 Å². The predicted molar refractivity (Wildman–Crippen MR) is 108 cm³/mol. The van der Waals surface area contributed by atoms with Gasteiger partial charge in [-0.1, -0.05) is 18.2 Å². The van der Waals surface area contributed by atoms with E-state index in [9.17, 15) is 0 Å². The zero-order chi connectivity index (χ0) is 17.2. The highest BCUT2D eigenvalue weighted by Gasteiger charge is 2.09. The minimum absolute atomic E-state index is 0. The van der Waals surface area contributed by atoms with Gasteiger partial charge in [-0.05, 0) is 72.6 Å². The van der Waals surface area contributed by atoms with E-state index in [1.165, 1.54) is 0 Å². The number of fused-ring (bicyclic) bond motifs is 2. The molecule has 3 aromatic carbocycles. The summed E-state index contributed by atoms with van der Waals surface area (Å²) in [5.74, 6) is 1.51. The normalized spacial score (nSPS) is 10.8. The van der Waals surface area contributed by atoms with Gasteiger partial charge in [0, 0.05) is 5.56 Å². The molecule has 0 aliphatic carbocycles. The molecular formula is C21H21ClN2O2. The summed E-state index contributed by atoms with van der Waals surface area (Å²) < 4.78 is 11.6. The molecule has 0 unspecified atom stereocenters. The van der Waals surface area contributed by atoms with Gasteiger partial charge in [-0.25, -0.2) is 4.98 Å². The minimum atomic E-state index is 0. The Balaban J connectivity index is 0.00000196. The first kappa shape index (κ1) is 18.2. The molecule has 5 heteroatoms. The second-order valence-electron chi connectivity index (χ2n) is 6.20. The third kappa shape index (κ3) is 3.66. The average Bonchev–Trinajstić information content (AvgIpc) is 3.04. The summed E-state index contributed by atoms with van der Waals surface area (Å²) in [7, 11) is 0. The highest BCUT2D eigenvalue weighted by molar-refractivity contribution is 5.88. The summed E-state index contributed by atoms with van der Waals surface area (Å²) in [6.45, 7) is 3.33. The van der Waals surface area contributed by atoms with Gasteiger partial charge >= 0.3 is 0 Å². The van der Waals surface area contributed by atoms with Crippen molar-refractivity contribution in [1.29, 1.82) is 0 Å². The number of hydrogen-bond acceptors (Lipinski definition) is 4. The number of ether oxygens (including phenoxy) is 1. The molecule has 1 aromatic heterocycles. The molecule has 2 N–H and O–H groups in total. The Kier molecular flexibility index (Phi) is 5.45. The standard InChI is InChI=1S/C21H20N2O2.ClH/c1-14-3-8-19-20(11-14)25-21(23-19)17-5-4-16-13-18(24-10-2-9-22)7-6-15(16)12-17;/h3-8,11-13H,2,9-10,22H2,1H3;1H. The van der Waals surface area contributed by atoms with Crippen molar-refractivity contribution in [2.24, 2.45) is 5.73 Å². The molecule has 0 saturated heterocycles. The number of oxazole rings is 1. The van der Waals surface area contributed by atoms with Gasteiger partial charge in [0.1, 0.15) is 11.3 Å². The van der Waals surface area contributed by atoms with Crippen LogP contribution in [0.2, 0.25) is 0 Å². The maximum absolute atomic E-state index is 5.93. The fourth-order valence-electron chi connectivity index (χ4n) is 2.88. The first-order valence-electron chi connectivity index (χ1n) is 8.47. The second kappa shape index (κ2) is 7.77. The summed E-state index contributed by atoms with van der Waals surface area (Å²) in [5.41, 5.74) is 9.33. The van der Waals surface area contributed by atoms with Crippen molar-refractivity contribution in [2.45, 2.75) is 13.3 Å². The predicted octanol–water partition coefficient (Wildman–Crippen LogP) is 5.11. The largest absolute Gasteiger partial charge is 0.494 e. The van der Waals surface area contributed by atoms with Crippen LogP contribution in [0, 0.1) is 6.92 Å². The van der Waals surface area contributed by atoms with Gasteiger partial charge in [0.2, 0.25) is 5.89 Å². The molecule has 4 nitrogen and oxygen atoms in total. The van der Waals surface area contributed by atoms with Gasteiger partial charge in [0.05, 0.1) is 6.61 Å². The van der Waals surface area contributed by atoms with Crippen LogP contribution in [0.1, 0.15) is 12.0 Å². The van der Waals surface area contributed by atoms with Crippen molar-refractivity contribution < 1.29 is 9.15 Å². The van der Waals surface area contributed by atoms with Gasteiger partial charge in [0.15, 0.2) is 5.58 Å². The molecule has 0 saturated carbocycles. The lowest BCUT2D eigenvalue weighted by Gasteiger charge is -2.07. The number of hydrogen-bond donors (Lipinski definition) is 1. The fraction of sp³-hybridized carbons (Fsp3) is 0.190. The quantitative estimate of drug-likeness (QED) is 0.497. The smallest absolute Gasteiger partial charge is 0.227 e. The third-order valence-corrected chi connectivity index (χ3v) is 4.22. The van der Waals surface area contributed by atoms with Gasteiger partial charge in [0.25, 0.3) is 0 Å². The van der Waals surface area contributed by atoms with Gasteiger partial charge in [-0.3, -0.25) is 0 Å². The number of rotatable bonds is 5. The molecule has 4 aromatic rings. The number of benzene rings is 3. The molecule has 26 heavy (non-hydrogen) atoms. The maximum atomic E-state index is 5.93. The van der Waals surface area contributed by atoms with Crippen LogP contribution in [0.4, 0.5) is 0 Å². The summed E-state index contributed by atoms with van der Waals surface area (Å²) in [4.78, 5) is 4.60. The Bertz CT molecular complexity index is 1040. The lowest BCUT2D eigenvalue weighted by molar-refractivity contribution is 0.314. The van der Waals surface area contributed by atoms with E-state index in [1.807, 2.05) is 43.3 Å². The Morgan fingerprint density at radius 3 is 2.65 bits per heavy atom. The van der Waals surface area contributed by atoms with Crippen LogP contribution in [0.5, 0.6) is 5.75 Å². The summed E-state index contributed by atoms with van der Waals surface area (Å²) in [6.07, 6.45) is 0.855. The summed E-state index contributed by atoms with van der Waals surface area (Å²) >= 11 is 0. The molecular weight excluding hydrogens is 348 g/mol. The van der Waals surface area contributed by atoms with E-state index in [1.54, 1.807) is 0 Å². The van der Waals surface area contributed by atoms with Crippen molar-refractivity contribution in [2.75, 3.05) is 13.2 Å². The van der Waals surface area contributed by atoms with Crippen LogP contribution in [-0.4, -0.2) is 18.1 Å². The number of aryl methyl sites for hydroxylation is 1. The van der Waals surface area contributed by atoms with Crippen LogP contribution in [-0.2, 0) is 0 Å². The van der Waals surface area contributed by atoms with Crippen molar-refractivity contribution in [3.8, 4) is 17.2 Å². The van der Waals surface area contributed by atoms with Crippen molar-refractivity contribution in [3.63, 3.8) is 0 Å². The summed E-state index contributed by atoms with van der Waals surface area (Å²) in [6, 6.07) is 18.3. The molecule has 134 valence electrons. The Morgan fingerprint density at radius 2 is 1.81 bits per heavy atom. The van der Waals surface area contributed by atoms with Crippen LogP contribution < -0.4 is 10.5 Å². The highest BCUT2D eigenvalue weighted by atomic mass is 35.5. The Labute approximate surface area is 158 Å². The zero-order valence-corrected chi connectivity index (χ0v) is 15.4. The van der Waals surface area contributed by atoms with Crippen LogP contribution >= 0.6 is 12.4 Å². The lowest BCUT2D eigenvalue weighted by Crippen LogP contribution is -2.05. The first-order valence-corrected chi connectivity index (χ1v) is 8.47. The molecule has 0 spiro atoms. The molecule has 0 fully saturated rings. The van der Waals surface area contributed by atoms with Crippen molar-refractivity contribution in [1.82, 2.24) is 4.98 Å². The van der Waals surface area contributed by atoms with Gasteiger partial charge < -0.3 is 14.9 Å². The number of nitrogens with two attached hydrogens (primary N) is 1. The summed E-state index contributed by atoms with van der Waals surface area (Å²) in [5, 5.41) is 2.25. The third-order valence-electron chi connectivity index (χ3n) is 4.22. The maximum Gasteiger partial charge on any atom is 0.227 e. The van der Waals surface area contributed by atoms with E-state index in [0.29, 0.717) is 19.0 Å². The highest BCUT2D eigenvalue weighted by Crippen LogP contribution is 2.29. The number of aromatic nitrogens is 1. The van der Waals surface area contributed by atoms with Crippen LogP contribution in [0.15, 0.2) is 59.0 Å². The molecule has 0 aliphatic heterocycles. The van der Waals surface area contributed by atoms with E-state index in [-0.39, 0.29) is 12.4 Å². The van der Waals surface area contributed by atoms with E-state index in [0.717, 1.165) is 45.2 Å². The zero-order valence-electron chi connectivity index (χ0n) is 14.6. The molecule has 4 rings (SSSR count). The molecule has 0 amide bonds. The molecule has 1 heterocycles. The van der Waals surface area contributed by atoms with Gasteiger partial charge in [-0.2, -0.15) is 0 Å². The fourth-order valence-corrected chi connectivity index (χ4v) is 2.88. The SMILES string of the molecule is Cc1ccc2nc(-c3ccc4cc(OCCCN)ccc4c3)oc2c1.Cl. The van der Waals surface area contributed by atoms with E-state index in [4.69, 9.17) is 14.9 Å². The van der Waals surface area contributed by atoms with E-state index < -0.39 is 0 Å². The topological polar surface area (TPSA) is 61.3 Å². The molecule has 0 aliphatic rings.